The average molecular weight is 278 g/mol. The molecule has 0 saturated heterocycles. The van der Waals surface area contributed by atoms with Gasteiger partial charge in [-0.15, -0.1) is 0 Å². The van der Waals surface area contributed by atoms with Crippen LogP contribution in [0.3, 0.4) is 0 Å². The second kappa shape index (κ2) is 7.34. The normalized spacial score (nSPS) is 10.7. The fourth-order valence-corrected chi connectivity index (χ4v) is 1.68. The third-order valence-electron chi connectivity index (χ3n) is 1.91. The summed E-state index contributed by atoms with van der Waals surface area (Å²) in [7, 11) is 0.549. The Bertz CT molecular complexity index is 284. The average Bonchev–Trinajstić information content (AvgIpc) is 2.13. The summed E-state index contributed by atoms with van der Waals surface area (Å²) in [6, 6.07) is -2.86. The van der Waals surface area contributed by atoms with Gasteiger partial charge in [0.2, 0.25) is 0 Å². The highest BCUT2D eigenvalue weighted by Crippen LogP contribution is 2.06. The van der Waals surface area contributed by atoms with E-state index in [0.29, 0.717) is 23.5 Å². The van der Waals surface area contributed by atoms with Crippen LogP contribution in [0.2, 0.25) is 0 Å². The van der Waals surface area contributed by atoms with Crippen LogP contribution in [0.5, 0.6) is 0 Å². The molecule has 0 aliphatic rings. The van der Waals surface area contributed by atoms with Crippen molar-refractivity contribution in [1.82, 2.24) is 16.0 Å². The number of primary amides is 3. The zero-order valence-electron chi connectivity index (χ0n) is 9.99. The smallest absolute Gasteiger partial charge is 0.315 e. The van der Waals surface area contributed by atoms with Gasteiger partial charge in [-0.25, -0.2) is 14.4 Å². The molecule has 9 N–H and O–H groups in total. The number of rotatable bonds is 7. The predicted octanol–water partition coefficient (Wildman–Crippen LogP) is -3.28. The second-order valence-electron chi connectivity index (χ2n) is 3.47. The number of hydrogen-bond donors (Lipinski definition) is 6. The molecule has 10 nitrogen and oxygen atoms in total. The Kier molecular flexibility index (Phi) is 6.52. The van der Waals surface area contributed by atoms with Crippen molar-refractivity contribution in [2.24, 2.45) is 17.2 Å². The summed E-state index contributed by atoms with van der Waals surface area (Å²) in [6.07, 6.45) is 0.550. The highest BCUT2D eigenvalue weighted by molar-refractivity contribution is 5.97. The lowest BCUT2D eigenvalue weighted by atomic mass is 10.1. The van der Waals surface area contributed by atoms with Gasteiger partial charge in [-0.2, -0.15) is 0 Å². The summed E-state index contributed by atoms with van der Waals surface area (Å²) in [5.74, 6) is -1.62. The maximum atomic E-state index is 10.9. The summed E-state index contributed by atoms with van der Waals surface area (Å²) in [6.45, 7) is 0.398. The molecular weight excluding hydrogens is 260 g/mol. The van der Waals surface area contributed by atoms with E-state index in [2.05, 4.69) is 16.0 Å². The first-order valence-electron chi connectivity index (χ1n) is 5.03. The van der Waals surface area contributed by atoms with Crippen molar-refractivity contribution in [3.8, 4) is 0 Å². The molecule has 104 valence electrons. The van der Waals surface area contributed by atoms with Crippen LogP contribution < -0.4 is 33.2 Å². The molecule has 0 aliphatic carbocycles. The molecule has 0 rings (SSSR count). The number of urea groups is 3. The lowest BCUT2D eigenvalue weighted by Crippen LogP contribution is -2.72. The number of hydrogen-bond acceptors (Lipinski definition) is 4. The monoisotopic (exact) mass is 278 g/mol. The highest BCUT2D eigenvalue weighted by atomic mass is 28.2. The molecule has 0 bridgehead atoms. The minimum absolute atomic E-state index is 0.115. The number of nitrogens with one attached hydrogen (secondary N) is 3. The Labute approximate surface area is 106 Å². The van der Waals surface area contributed by atoms with Crippen molar-refractivity contribution < 1.29 is 18.8 Å². The predicted molar refractivity (Wildman–Crippen MR) is 66.0 cm³/mol. The minimum Gasteiger partial charge on any atom is -0.428 e. The Morgan fingerprint density at radius 2 is 1.39 bits per heavy atom. The van der Waals surface area contributed by atoms with E-state index in [4.69, 9.17) is 21.6 Å². The molecule has 0 radical (unpaired) electrons. The molecule has 0 fully saturated rings. The van der Waals surface area contributed by atoms with Crippen LogP contribution >= 0.6 is 0 Å². The Balaban J connectivity index is 4.90. The van der Waals surface area contributed by atoms with E-state index < -0.39 is 23.9 Å². The van der Waals surface area contributed by atoms with E-state index in [1.165, 1.54) is 0 Å². The highest BCUT2D eigenvalue weighted by Gasteiger charge is 2.33. The summed E-state index contributed by atoms with van der Waals surface area (Å²) in [5, 5.41) is 6.56. The van der Waals surface area contributed by atoms with Crippen LogP contribution in [0.4, 0.5) is 14.4 Å². The first kappa shape index (κ1) is 16.0. The molecule has 0 heterocycles. The maximum absolute atomic E-state index is 10.9. The van der Waals surface area contributed by atoms with E-state index in [0.717, 1.165) is 0 Å². The lowest BCUT2D eigenvalue weighted by Gasteiger charge is -2.34. The molecule has 0 saturated carbocycles. The van der Waals surface area contributed by atoms with Crippen molar-refractivity contribution in [1.29, 1.82) is 0 Å². The summed E-state index contributed by atoms with van der Waals surface area (Å²) >= 11 is 0. The SMILES string of the molecule is NC(=O)NC(CCCO[SiH3])(NC(N)=O)NC(N)=O. The van der Waals surface area contributed by atoms with Crippen LogP contribution in [0.25, 0.3) is 0 Å². The first-order chi connectivity index (χ1) is 8.31. The van der Waals surface area contributed by atoms with Crippen LogP contribution in [0.1, 0.15) is 12.8 Å². The molecular formula is C7H18N6O4Si. The van der Waals surface area contributed by atoms with Gasteiger partial charge in [-0.1, -0.05) is 0 Å². The summed E-state index contributed by atoms with van der Waals surface area (Å²) < 4.78 is 4.96. The molecule has 0 aliphatic heterocycles. The first-order valence-corrected chi connectivity index (χ1v) is 5.85. The molecule has 0 aromatic rings. The Hall–Kier alpha value is -2.01. The van der Waals surface area contributed by atoms with Gasteiger partial charge in [0, 0.05) is 13.0 Å². The quantitative estimate of drug-likeness (QED) is 0.163. The van der Waals surface area contributed by atoms with Gasteiger partial charge in [-0.05, 0) is 6.42 Å². The van der Waals surface area contributed by atoms with E-state index in [-0.39, 0.29) is 6.42 Å². The summed E-state index contributed by atoms with van der Waals surface area (Å²) in [4.78, 5) is 32.7. The standard InChI is InChI=1S/C7H18N6O4Si/c8-4(14)11-7(12-5(9)15,13-6(10)16)2-1-3-17-18/h1-3H2,18H3,(H3,8,11,14)(H3,9,12,15)(H3,10,13,16). The third-order valence-corrected chi connectivity index (χ3v) is 2.32. The van der Waals surface area contributed by atoms with Gasteiger partial charge in [0.1, 0.15) is 10.5 Å². The van der Waals surface area contributed by atoms with Crippen LogP contribution in [0.15, 0.2) is 0 Å². The van der Waals surface area contributed by atoms with E-state index in [1.54, 1.807) is 0 Å². The molecule has 6 amide bonds. The largest absolute Gasteiger partial charge is 0.428 e. The van der Waals surface area contributed by atoms with Crippen LogP contribution in [-0.4, -0.2) is 41.0 Å². The fourth-order valence-electron chi connectivity index (χ4n) is 1.39. The van der Waals surface area contributed by atoms with Crippen LogP contribution in [0, 0.1) is 0 Å². The van der Waals surface area contributed by atoms with Crippen molar-refractivity contribution >= 4 is 28.6 Å². The Morgan fingerprint density at radius 3 is 1.67 bits per heavy atom. The molecule has 0 unspecified atom stereocenters. The van der Waals surface area contributed by atoms with Gasteiger partial charge in [0.15, 0.2) is 5.79 Å². The molecule has 11 heteroatoms. The van der Waals surface area contributed by atoms with Gasteiger partial charge in [0.05, 0.1) is 0 Å². The number of nitrogens with two attached hydrogens (primary N) is 3. The minimum atomic E-state index is -1.62. The second-order valence-corrected chi connectivity index (χ2v) is 4.05. The van der Waals surface area contributed by atoms with Gasteiger partial charge < -0.3 is 21.6 Å². The summed E-state index contributed by atoms with van der Waals surface area (Å²) in [5.41, 5.74) is 14.9. The molecule has 0 atom stereocenters. The number of amides is 6. The molecule has 0 spiro atoms. The maximum Gasteiger partial charge on any atom is 0.315 e. The van der Waals surface area contributed by atoms with E-state index >= 15 is 0 Å². The van der Waals surface area contributed by atoms with Crippen LogP contribution in [-0.2, 0) is 4.43 Å². The van der Waals surface area contributed by atoms with E-state index in [9.17, 15) is 14.4 Å². The fraction of sp³-hybridized carbons (Fsp3) is 0.571. The number of carbonyl (C=O) groups is 3. The Morgan fingerprint density at radius 1 is 1.00 bits per heavy atom. The van der Waals surface area contributed by atoms with Crippen molar-refractivity contribution in [2.75, 3.05) is 6.61 Å². The van der Waals surface area contributed by atoms with Crippen molar-refractivity contribution in [2.45, 2.75) is 18.6 Å². The topological polar surface area (TPSA) is 175 Å². The number of carbonyl (C=O) groups excluding carboxylic acids is 3. The van der Waals surface area contributed by atoms with E-state index in [1.807, 2.05) is 0 Å². The lowest BCUT2D eigenvalue weighted by molar-refractivity contribution is 0.171. The molecule has 0 aromatic carbocycles. The zero-order chi connectivity index (χ0) is 14.2. The molecule has 18 heavy (non-hydrogen) atoms. The van der Waals surface area contributed by atoms with Crippen molar-refractivity contribution in [3.63, 3.8) is 0 Å². The van der Waals surface area contributed by atoms with Gasteiger partial charge >= 0.3 is 18.1 Å². The zero-order valence-corrected chi connectivity index (χ0v) is 12.0. The third kappa shape index (κ3) is 6.54. The van der Waals surface area contributed by atoms with Gasteiger partial charge in [0.25, 0.3) is 0 Å². The molecule has 0 aromatic heterocycles. The van der Waals surface area contributed by atoms with Crippen molar-refractivity contribution in [3.05, 3.63) is 0 Å². The van der Waals surface area contributed by atoms with Gasteiger partial charge in [-0.3, -0.25) is 16.0 Å².